The molecular formula is C15H16O4. The third-order valence-corrected chi connectivity index (χ3v) is 2.16. The summed E-state index contributed by atoms with van der Waals surface area (Å²) in [5.74, 6) is 0.267. The van der Waals surface area contributed by atoms with Gasteiger partial charge in [-0.1, -0.05) is 18.7 Å². The summed E-state index contributed by atoms with van der Waals surface area (Å²) in [5, 5.41) is 9.57. The van der Waals surface area contributed by atoms with E-state index in [-0.39, 0.29) is 11.3 Å². The van der Waals surface area contributed by atoms with E-state index in [1.165, 1.54) is 25.3 Å². The number of rotatable bonds is 5. The van der Waals surface area contributed by atoms with E-state index in [2.05, 4.69) is 11.3 Å². The first kappa shape index (κ1) is 14.6. The van der Waals surface area contributed by atoms with Gasteiger partial charge in [-0.2, -0.15) is 0 Å². The summed E-state index contributed by atoms with van der Waals surface area (Å²) in [6.45, 7) is 5.44. The Morgan fingerprint density at radius 3 is 2.68 bits per heavy atom. The van der Waals surface area contributed by atoms with Gasteiger partial charge < -0.3 is 14.6 Å². The summed E-state index contributed by atoms with van der Waals surface area (Å²) in [6.07, 6.45) is 6.80. The smallest absolute Gasteiger partial charge is 0.338 e. The van der Waals surface area contributed by atoms with Gasteiger partial charge in [-0.3, -0.25) is 0 Å². The van der Waals surface area contributed by atoms with Crippen molar-refractivity contribution >= 4 is 5.97 Å². The molecule has 1 N–H and O–H groups in total. The molecule has 0 aromatic heterocycles. The largest absolute Gasteiger partial charge is 0.508 e. The monoisotopic (exact) mass is 260 g/mol. The minimum atomic E-state index is -0.541. The molecule has 0 aliphatic carbocycles. The van der Waals surface area contributed by atoms with Crippen molar-refractivity contribution in [2.75, 3.05) is 7.11 Å². The number of methoxy groups -OCH3 is 1. The molecule has 1 aromatic carbocycles. The number of hydrogen-bond acceptors (Lipinski definition) is 4. The van der Waals surface area contributed by atoms with Gasteiger partial charge in [0.05, 0.1) is 12.7 Å². The molecule has 0 amide bonds. The number of esters is 1. The summed E-state index contributed by atoms with van der Waals surface area (Å²) < 4.78 is 10.1. The Hall–Kier alpha value is -2.49. The molecule has 0 saturated heterocycles. The van der Waals surface area contributed by atoms with Gasteiger partial charge in [-0.15, -0.1) is 0 Å². The molecule has 1 rings (SSSR count). The van der Waals surface area contributed by atoms with Crippen molar-refractivity contribution in [2.24, 2.45) is 0 Å². The highest BCUT2D eigenvalue weighted by Crippen LogP contribution is 2.24. The predicted molar refractivity (Wildman–Crippen MR) is 73.2 cm³/mol. The van der Waals surface area contributed by atoms with Crippen molar-refractivity contribution in [3.63, 3.8) is 0 Å². The maximum atomic E-state index is 11.4. The van der Waals surface area contributed by atoms with Crippen molar-refractivity contribution in [3.05, 3.63) is 60.4 Å². The standard InChI is InChI=1S/C15H16O4/c1-4-6-13(7-5-2)19-14-9-11(15(17)18-3)8-12(16)10-14/h4-10,16H,1H2,2-3H3/b7-5-,13-6+. The number of benzene rings is 1. The third kappa shape index (κ3) is 4.35. The molecule has 0 atom stereocenters. The fourth-order valence-electron chi connectivity index (χ4n) is 1.42. The Morgan fingerprint density at radius 1 is 1.37 bits per heavy atom. The fraction of sp³-hybridized carbons (Fsp3) is 0.133. The lowest BCUT2D eigenvalue weighted by Gasteiger charge is -2.08. The second kappa shape index (κ2) is 7.06. The van der Waals surface area contributed by atoms with Gasteiger partial charge in [0.2, 0.25) is 0 Å². The van der Waals surface area contributed by atoms with Crippen LogP contribution in [0, 0.1) is 0 Å². The normalized spacial score (nSPS) is 11.4. The zero-order chi connectivity index (χ0) is 14.3. The van der Waals surface area contributed by atoms with E-state index in [4.69, 9.17) is 4.74 Å². The van der Waals surface area contributed by atoms with Crippen LogP contribution < -0.4 is 4.74 Å². The van der Waals surface area contributed by atoms with E-state index in [9.17, 15) is 9.90 Å². The second-order valence-electron chi connectivity index (χ2n) is 3.61. The molecule has 0 heterocycles. The number of carbonyl (C=O) groups excluding carboxylic acids is 1. The van der Waals surface area contributed by atoms with Gasteiger partial charge in [-0.25, -0.2) is 4.79 Å². The molecule has 0 unspecified atom stereocenters. The van der Waals surface area contributed by atoms with Gasteiger partial charge in [0, 0.05) is 6.07 Å². The molecule has 4 nitrogen and oxygen atoms in total. The van der Waals surface area contributed by atoms with Gasteiger partial charge in [0.1, 0.15) is 17.3 Å². The van der Waals surface area contributed by atoms with Crippen LogP contribution in [-0.4, -0.2) is 18.2 Å². The summed E-state index contributed by atoms with van der Waals surface area (Å²) in [7, 11) is 1.27. The summed E-state index contributed by atoms with van der Waals surface area (Å²) in [5.41, 5.74) is 0.218. The van der Waals surface area contributed by atoms with E-state index >= 15 is 0 Å². The molecule has 0 aliphatic rings. The fourth-order valence-corrected chi connectivity index (χ4v) is 1.42. The topological polar surface area (TPSA) is 55.8 Å². The Morgan fingerprint density at radius 2 is 2.11 bits per heavy atom. The van der Waals surface area contributed by atoms with E-state index in [1.54, 1.807) is 24.3 Å². The highest BCUT2D eigenvalue weighted by molar-refractivity contribution is 5.90. The molecule has 100 valence electrons. The molecule has 19 heavy (non-hydrogen) atoms. The van der Waals surface area contributed by atoms with Crippen molar-refractivity contribution in [3.8, 4) is 11.5 Å². The Labute approximate surface area is 112 Å². The lowest BCUT2D eigenvalue weighted by Crippen LogP contribution is -2.02. The molecule has 0 saturated carbocycles. The molecule has 0 aliphatic heterocycles. The third-order valence-electron chi connectivity index (χ3n) is 2.16. The number of hydrogen-bond donors (Lipinski definition) is 1. The van der Waals surface area contributed by atoms with E-state index < -0.39 is 5.97 Å². The van der Waals surface area contributed by atoms with Crippen LogP contribution in [0.2, 0.25) is 0 Å². The highest BCUT2D eigenvalue weighted by atomic mass is 16.5. The van der Waals surface area contributed by atoms with E-state index in [0.29, 0.717) is 11.5 Å². The van der Waals surface area contributed by atoms with Crippen LogP contribution in [-0.2, 0) is 4.74 Å². The van der Waals surface area contributed by atoms with Crippen LogP contribution in [0.3, 0.4) is 0 Å². The summed E-state index contributed by atoms with van der Waals surface area (Å²) >= 11 is 0. The summed E-state index contributed by atoms with van der Waals surface area (Å²) in [6, 6.07) is 4.21. The Balaban J connectivity index is 3.07. The van der Waals surface area contributed by atoms with E-state index in [0.717, 1.165) is 0 Å². The number of ether oxygens (including phenoxy) is 2. The van der Waals surface area contributed by atoms with Gasteiger partial charge in [-0.05, 0) is 31.2 Å². The first-order valence-electron chi connectivity index (χ1n) is 5.66. The average molecular weight is 260 g/mol. The van der Waals surface area contributed by atoms with Gasteiger partial charge in [0.15, 0.2) is 0 Å². The van der Waals surface area contributed by atoms with Crippen LogP contribution >= 0.6 is 0 Å². The van der Waals surface area contributed by atoms with Crippen LogP contribution in [0.4, 0.5) is 0 Å². The summed E-state index contributed by atoms with van der Waals surface area (Å²) in [4.78, 5) is 11.4. The molecule has 0 spiro atoms. The first-order valence-corrected chi connectivity index (χ1v) is 5.66. The number of aromatic hydroxyl groups is 1. The number of phenolic OH excluding ortho intramolecular Hbond substituents is 1. The first-order chi connectivity index (χ1) is 9.10. The zero-order valence-electron chi connectivity index (χ0n) is 10.9. The molecular weight excluding hydrogens is 244 g/mol. The Bertz CT molecular complexity index is 527. The second-order valence-corrected chi connectivity index (χ2v) is 3.61. The molecule has 0 radical (unpaired) electrons. The van der Waals surface area contributed by atoms with Gasteiger partial charge >= 0.3 is 5.97 Å². The minimum Gasteiger partial charge on any atom is -0.508 e. The van der Waals surface area contributed by atoms with Crippen molar-refractivity contribution in [1.29, 1.82) is 0 Å². The van der Waals surface area contributed by atoms with E-state index in [1.807, 2.05) is 6.92 Å². The predicted octanol–water partition coefficient (Wildman–Crippen LogP) is 3.20. The zero-order valence-corrected chi connectivity index (χ0v) is 10.9. The van der Waals surface area contributed by atoms with Crippen LogP contribution in [0.25, 0.3) is 0 Å². The molecule has 1 aromatic rings. The van der Waals surface area contributed by atoms with Crippen LogP contribution in [0.15, 0.2) is 54.8 Å². The average Bonchev–Trinajstić information content (AvgIpc) is 2.37. The maximum Gasteiger partial charge on any atom is 0.338 e. The van der Waals surface area contributed by atoms with Crippen LogP contribution in [0.5, 0.6) is 11.5 Å². The SMILES string of the molecule is C=C/C=C(\C=C/C)Oc1cc(O)cc(C(=O)OC)c1. The van der Waals surface area contributed by atoms with Crippen molar-refractivity contribution in [2.45, 2.75) is 6.92 Å². The maximum absolute atomic E-state index is 11.4. The van der Waals surface area contributed by atoms with Gasteiger partial charge in [0.25, 0.3) is 0 Å². The van der Waals surface area contributed by atoms with Crippen molar-refractivity contribution in [1.82, 2.24) is 0 Å². The number of allylic oxidation sites excluding steroid dienone is 4. The number of phenols is 1. The van der Waals surface area contributed by atoms with Crippen molar-refractivity contribution < 1.29 is 19.4 Å². The molecule has 0 fully saturated rings. The lowest BCUT2D eigenvalue weighted by molar-refractivity contribution is 0.0600. The Kier molecular flexibility index (Phi) is 5.41. The quantitative estimate of drug-likeness (QED) is 0.502. The molecule has 4 heteroatoms. The minimum absolute atomic E-state index is 0.0728. The van der Waals surface area contributed by atoms with Crippen LogP contribution in [0.1, 0.15) is 17.3 Å². The lowest BCUT2D eigenvalue weighted by atomic mass is 10.2. The molecule has 0 bridgehead atoms. The number of carbonyl (C=O) groups is 1. The highest BCUT2D eigenvalue weighted by Gasteiger charge is 2.09.